The first-order valence-corrected chi connectivity index (χ1v) is 11.5. The molecular formula is C28H30N2O5. The molecule has 2 atom stereocenters. The van der Waals surface area contributed by atoms with Crippen molar-refractivity contribution in [2.24, 2.45) is 5.92 Å². The second-order valence-electron chi connectivity index (χ2n) is 8.49. The van der Waals surface area contributed by atoms with Gasteiger partial charge in [0.1, 0.15) is 17.2 Å². The van der Waals surface area contributed by atoms with Gasteiger partial charge in [0.15, 0.2) is 0 Å². The van der Waals surface area contributed by atoms with Crippen LogP contribution in [-0.4, -0.2) is 33.1 Å². The molecule has 182 valence electrons. The van der Waals surface area contributed by atoms with Crippen molar-refractivity contribution in [3.63, 3.8) is 0 Å². The number of benzene rings is 3. The Hall–Kier alpha value is -4.00. The Morgan fingerprint density at radius 3 is 2.31 bits per heavy atom. The molecule has 0 saturated carbocycles. The van der Waals surface area contributed by atoms with E-state index in [1.54, 1.807) is 26.2 Å². The Morgan fingerprint density at radius 1 is 0.914 bits per heavy atom. The van der Waals surface area contributed by atoms with Gasteiger partial charge in [-0.1, -0.05) is 24.3 Å². The minimum atomic E-state index is -0.559. The molecule has 1 heterocycles. The van der Waals surface area contributed by atoms with Crippen LogP contribution in [0.1, 0.15) is 30.0 Å². The van der Waals surface area contributed by atoms with Gasteiger partial charge in [-0.05, 0) is 61.4 Å². The highest BCUT2D eigenvalue weighted by molar-refractivity contribution is 6.01. The van der Waals surface area contributed by atoms with E-state index >= 15 is 0 Å². The van der Waals surface area contributed by atoms with Crippen molar-refractivity contribution in [2.45, 2.75) is 25.8 Å². The highest BCUT2D eigenvalue weighted by atomic mass is 16.5. The highest BCUT2D eigenvalue weighted by Crippen LogP contribution is 2.44. The number of nitrogens with one attached hydrogen (secondary N) is 1. The lowest BCUT2D eigenvalue weighted by atomic mass is 9.82. The van der Waals surface area contributed by atoms with E-state index in [1.807, 2.05) is 73.7 Å². The van der Waals surface area contributed by atoms with Crippen molar-refractivity contribution in [3.05, 3.63) is 77.9 Å². The van der Waals surface area contributed by atoms with E-state index < -0.39 is 12.0 Å². The van der Waals surface area contributed by atoms with Crippen LogP contribution in [0.15, 0.2) is 66.7 Å². The number of hydrogen-bond acceptors (Lipinski definition) is 5. The second kappa shape index (κ2) is 10.5. The van der Waals surface area contributed by atoms with Gasteiger partial charge in [0.05, 0.1) is 39.0 Å². The zero-order valence-corrected chi connectivity index (χ0v) is 20.4. The molecule has 1 aliphatic rings. The van der Waals surface area contributed by atoms with Gasteiger partial charge < -0.3 is 24.4 Å². The van der Waals surface area contributed by atoms with Crippen LogP contribution >= 0.6 is 0 Å². The fourth-order valence-electron chi connectivity index (χ4n) is 4.63. The quantitative estimate of drug-likeness (QED) is 0.513. The van der Waals surface area contributed by atoms with Crippen LogP contribution in [0, 0.1) is 12.8 Å². The largest absolute Gasteiger partial charge is 0.497 e. The molecule has 1 saturated heterocycles. The van der Waals surface area contributed by atoms with Crippen molar-refractivity contribution >= 4 is 23.2 Å². The van der Waals surface area contributed by atoms with Crippen LogP contribution in [0.4, 0.5) is 11.4 Å². The van der Waals surface area contributed by atoms with Gasteiger partial charge in [-0.25, -0.2) is 0 Å². The van der Waals surface area contributed by atoms with E-state index in [-0.39, 0.29) is 18.2 Å². The van der Waals surface area contributed by atoms with Crippen LogP contribution in [0.25, 0.3) is 0 Å². The predicted octanol–water partition coefficient (Wildman–Crippen LogP) is 5.14. The average molecular weight is 475 g/mol. The molecule has 1 fully saturated rings. The lowest BCUT2D eigenvalue weighted by Gasteiger charge is -2.41. The normalized spacial score (nSPS) is 17.6. The number of carbonyl (C=O) groups excluding carboxylic acids is 2. The fraction of sp³-hybridized carbons (Fsp3) is 0.286. The molecule has 3 aromatic rings. The minimum absolute atomic E-state index is 0.0525. The van der Waals surface area contributed by atoms with Gasteiger partial charge in [-0.15, -0.1) is 0 Å². The summed E-state index contributed by atoms with van der Waals surface area (Å²) in [7, 11) is 4.76. The van der Waals surface area contributed by atoms with Crippen LogP contribution < -0.4 is 24.4 Å². The third-order valence-corrected chi connectivity index (χ3v) is 6.35. The van der Waals surface area contributed by atoms with Crippen molar-refractivity contribution in [3.8, 4) is 17.2 Å². The van der Waals surface area contributed by atoms with Crippen molar-refractivity contribution in [2.75, 3.05) is 31.5 Å². The minimum Gasteiger partial charge on any atom is -0.497 e. The predicted molar refractivity (Wildman–Crippen MR) is 135 cm³/mol. The van der Waals surface area contributed by atoms with Crippen LogP contribution in [0.5, 0.6) is 17.2 Å². The summed E-state index contributed by atoms with van der Waals surface area (Å²) in [6.07, 6.45) is 0.662. The lowest BCUT2D eigenvalue weighted by molar-refractivity contribution is -0.126. The fourth-order valence-corrected chi connectivity index (χ4v) is 4.63. The molecule has 7 heteroatoms. The topological polar surface area (TPSA) is 77.1 Å². The van der Waals surface area contributed by atoms with E-state index in [0.717, 1.165) is 11.1 Å². The molecule has 2 amide bonds. The Morgan fingerprint density at radius 2 is 1.63 bits per heavy atom. The molecule has 0 aliphatic carbocycles. The van der Waals surface area contributed by atoms with Crippen molar-refractivity contribution in [1.82, 2.24) is 0 Å². The molecule has 3 aromatic carbocycles. The maximum absolute atomic E-state index is 13.7. The number of amides is 2. The average Bonchev–Trinajstić information content (AvgIpc) is 2.88. The maximum Gasteiger partial charge on any atom is 0.230 e. The summed E-state index contributed by atoms with van der Waals surface area (Å²) in [5.74, 6) is 1.14. The molecule has 35 heavy (non-hydrogen) atoms. The molecule has 0 bridgehead atoms. The highest BCUT2D eigenvalue weighted by Gasteiger charge is 2.42. The van der Waals surface area contributed by atoms with Gasteiger partial charge >= 0.3 is 0 Å². The summed E-state index contributed by atoms with van der Waals surface area (Å²) in [5.41, 5.74) is 3.07. The van der Waals surface area contributed by atoms with E-state index in [0.29, 0.717) is 35.0 Å². The molecular weight excluding hydrogens is 444 g/mol. The molecule has 1 aliphatic heterocycles. The molecule has 4 rings (SSSR count). The Labute approximate surface area is 205 Å². The van der Waals surface area contributed by atoms with Crippen LogP contribution in [0.3, 0.4) is 0 Å². The number of para-hydroxylation sites is 1. The zero-order chi connectivity index (χ0) is 24.9. The summed E-state index contributed by atoms with van der Waals surface area (Å²) in [6, 6.07) is 19.9. The number of nitrogens with zero attached hydrogens (tertiary/aromatic N) is 1. The number of aryl methyl sites for hydroxylation is 1. The number of hydrogen-bond donors (Lipinski definition) is 1. The van der Waals surface area contributed by atoms with Gasteiger partial charge in [-0.2, -0.15) is 0 Å². The monoisotopic (exact) mass is 474 g/mol. The first-order valence-electron chi connectivity index (χ1n) is 11.5. The Bertz CT molecular complexity index is 1210. The lowest BCUT2D eigenvalue weighted by Crippen LogP contribution is -2.47. The number of piperidine rings is 1. The number of rotatable bonds is 7. The molecule has 1 N–H and O–H groups in total. The SMILES string of the molecule is COc1ccc(N2C(=O)CCC(C(=O)Nc3cc(C)ccc3OC)C2c2ccccc2OC)cc1. The second-order valence-corrected chi connectivity index (χ2v) is 8.49. The molecule has 0 spiro atoms. The number of anilines is 2. The third-order valence-electron chi connectivity index (χ3n) is 6.35. The van der Waals surface area contributed by atoms with E-state index in [4.69, 9.17) is 14.2 Å². The zero-order valence-electron chi connectivity index (χ0n) is 20.4. The molecule has 2 unspecified atom stereocenters. The van der Waals surface area contributed by atoms with Gasteiger partial charge in [0.2, 0.25) is 11.8 Å². The summed E-state index contributed by atoms with van der Waals surface area (Å²) in [6.45, 7) is 1.96. The van der Waals surface area contributed by atoms with E-state index in [1.165, 1.54) is 0 Å². The van der Waals surface area contributed by atoms with Gasteiger partial charge in [0.25, 0.3) is 0 Å². The number of methoxy groups -OCH3 is 3. The first-order chi connectivity index (χ1) is 17.0. The van der Waals surface area contributed by atoms with Gasteiger partial charge in [0, 0.05) is 17.7 Å². The maximum atomic E-state index is 13.7. The Balaban J connectivity index is 1.78. The molecule has 7 nitrogen and oxygen atoms in total. The number of carbonyl (C=O) groups is 2. The summed E-state index contributed by atoms with van der Waals surface area (Å²) in [4.78, 5) is 28.8. The van der Waals surface area contributed by atoms with Crippen molar-refractivity contribution < 1.29 is 23.8 Å². The summed E-state index contributed by atoms with van der Waals surface area (Å²) >= 11 is 0. The molecule has 0 aromatic heterocycles. The standard InChI is InChI=1S/C28H30N2O5/c1-18-9-15-25(35-4)23(17-18)29-28(32)22-14-16-26(31)30(19-10-12-20(33-2)13-11-19)27(22)21-7-5-6-8-24(21)34-3/h5-13,15,17,22,27H,14,16H2,1-4H3,(H,29,32). The van der Waals surface area contributed by atoms with Crippen LogP contribution in [0.2, 0.25) is 0 Å². The third kappa shape index (κ3) is 4.94. The van der Waals surface area contributed by atoms with Crippen molar-refractivity contribution in [1.29, 1.82) is 0 Å². The first kappa shape index (κ1) is 24.1. The summed E-state index contributed by atoms with van der Waals surface area (Å²) in [5, 5.41) is 3.05. The smallest absolute Gasteiger partial charge is 0.230 e. The number of ether oxygens (including phenoxy) is 3. The van der Waals surface area contributed by atoms with Gasteiger partial charge in [-0.3, -0.25) is 9.59 Å². The van der Waals surface area contributed by atoms with E-state index in [2.05, 4.69) is 5.32 Å². The summed E-state index contributed by atoms with van der Waals surface area (Å²) < 4.78 is 16.4. The molecule has 0 radical (unpaired) electrons. The van der Waals surface area contributed by atoms with E-state index in [9.17, 15) is 9.59 Å². The van der Waals surface area contributed by atoms with Crippen LogP contribution in [-0.2, 0) is 9.59 Å². The Kier molecular flexibility index (Phi) is 7.25.